The Bertz CT molecular complexity index is 828. The van der Waals surface area contributed by atoms with Gasteiger partial charge in [-0.25, -0.2) is 5.43 Å². The highest BCUT2D eigenvalue weighted by Crippen LogP contribution is 2.33. The second kappa shape index (κ2) is 7.54. The monoisotopic (exact) mass is 387 g/mol. The van der Waals surface area contributed by atoms with Crippen molar-refractivity contribution in [3.05, 3.63) is 52.8 Å². The molecule has 0 bridgehead atoms. The van der Waals surface area contributed by atoms with Gasteiger partial charge >= 0.3 is 0 Å². The van der Waals surface area contributed by atoms with E-state index in [9.17, 15) is 4.79 Å². The predicted octanol–water partition coefficient (Wildman–Crippen LogP) is 2.72. The second-order valence-corrected chi connectivity index (χ2v) is 8.01. The largest absolute Gasteiger partial charge is 0.397 e. The summed E-state index contributed by atoms with van der Waals surface area (Å²) in [4.78, 5) is 14.7. The summed E-state index contributed by atoms with van der Waals surface area (Å²) in [7, 11) is 1.86. The fraction of sp³-hybridized carbons (Fsp3) is 0.450. The van der Waals surface area contributed by atoms with Gasteiger partial charge in [-0.15, -0.1) is 0 Å². The number of aromatic nitrogens is 1. The minimum absolute atomic E-state index is 0.0686. The number of nitrogen functional groups attached to an aromatic ring is 1. The summed E-state index contributed by atoms with van der Waals surface area (Å²) in [5.41, 5.74) is 15.1. The lowest BCUT2D eigenvalue weighted by Crippen LogP contribution is -2.44. The molecule has 4 rings (SSSR count). The number of halogens is 1. The number of nitrogens with zero attached hydrogens (tertiary/aromatic N) is 2. The average molecular weight is 388 g/mol. The molecule has 7 heteroatoms. The van der Waals surface area contributed by atoms with Gasteiger partial charge < -0.3 is 15.2 Å². The van der Waals surface area contributed by atoms with Gasteiger partial charge in [0.25, 0.3) is 5.91 Å². The molecule has 1 amide bonds. The van der Waals surface area contributed by atoms with E-state index in [-0.39, 0.29) is 11.9 Å². The zero-order valence-electron chi connectivity index (χ0n) is 15.5. The highest BCUT2D eigenvalue weighted by atomic mass is 35.5. The van der Waals surface area contributed by atoms with Crippen LogP contribution in [-0.4, -0.2) is 34.5 Å². The van der Waals surface area contributed by atoms with E-state index in [4.69, 9.17) is 17.3 Å². The molecule has 2 saturated heterocycles. The van der Waals surface area contributed by atoms with Crippen LogP contribution < -0.4 is 16.6 Å². The van der Waals surface area contributed by atoms with Crippen LogP contribution in [0, 0.1) is 5.92 Å². The van der Waals surface area contributed by atoms with Gasteiger partial charge in [0.15, 0.2) is 0 Å². The number of nitrogens with two attached hydrogens (primary N) is 1. The van der Waals surface area contributed by atoms with E-state index < -0.39 is 0 Å². The lowest BCUT2D eigenvalue weighted by atomic mass is 9.86. The molecule has 144 valence electrons. The zero-order valence-corrected chi connectivity index (χ0v) is 16.2. The molecule has 3 heterocycles. The molecule has 4 N–H and O–H groups in total. The van der Waals surface area contributed by atoms with Crippen molar-refractivity contribution in [2.45, 2.75) is 31.3 Å². The standard InChI is InChI=1S/C20H26ClN5O/c1-25-12-14(22)10-19(25)20(27)26-8-6-13(7-9-26)17-11-18(24-23-17)15-4-2-3-5-16(15)21/h2-5,10,12-13,17-18,23-24H,6-9,11,22H2,1H3. The SMILES string of the molecule is Cn1cc(N)cc1C(=O)N1CCC(C2CC(c3ccccc3Cl)NN2)CC1. The van der Waals surface area contributed by atoms with Crippen LogP contribution in [0.2, 0.25) is 5.02 Å². The van der Waals surface area contributed by atoms with E-state index in [2.05, 4.69) is 16.9 Å². The molecule has 2 fully saturated rings. The number of rotatable bonds is 3. The smallest absolute Gasteiger partial charge is 0.270 e. The third-order valence-corrected chi connectivity index (χ3v) is 6.20. The molecular weight excluding hydrogens is 362 g/mol. The fourth-order valence-electron chi connectivity index (χ4n) is 4.32. The van der Waals surface area contributed by atoms with E-state index in [1.54, 1.807) is 16.8 Å². The van der Waals surface area contributed by atoms with Gasteiger partial charge in [-0.1, -0.05) is 29.8 Å². The molecule has 2 atom stereocenters. The second-order valence-electron chi connectivity index (χ2n) is 7.60. The molecule has 6 nitrogen and oxygen atoms in total. The molecule has 2 unspecified atom stereocenters. The van der Waals surface area contributed by atoms with Gasteiger partial charge in [0, 0.05) is 43.4 Å². The summed E-state index contributed by atoms with van der Waals surface area (Å²) in [6, 6.07) is 10.4. The van der Waals surface area contributed by atoms with Gasteiger partial charge in [-0.3, -0.25) is 10.2 Å². The number of hydrazine groups is 1. The topological polar surface area (TPSA) is 75.3 Å². The number of aryl methyl sites for hydroxylation is 1. The van der Waals surface area contributed by atoms with Gasteiger partial charge in [0.05, 0.1) is 5.69 Å². The number of likely N-dealkylation sites (tertiary alicyclic amines) is 1. The molecule has 0 spiro atoms. The Balaban J connectivity index is 1.34. The van der Waals surface area contributed by atoms with Crippen LogP contribution in [0.3, 0.4) is 0 Å². The first-order valence-electron chi connectivity index (χ1n) is 9.49. The molecule has 2 aliphatic rings. The lowest BCUT2D eigenvalue weighted by molar-refractivity contribution is 0.0663. The first-order valence-corrected chi connectivity index (χ1v) is 9.87. The Morgan fingerprint density at radius 3 is 2.63 bits per heavy atom. The number of anilines is 1. The van der Waals surface area contributed by atoms with Crippen molar-refractivity contribution < 1.29 is 4.79 Å². The van der Waals surface area contributed by atoms with Crippen LogP contribution in [0.5, 0.6) is 0 Å². The highest BCUT2D eigenvalue weighted by Gasteiger charge is 2.35. The molecule has 2 aliphatic heterocycles. The first-order chi connectivity index (χ1) is 13.0. The number of hydrogen-bond donors (Lipinski definition) is 3. The van der Waals surface area contributed by atoms with Crippen molar-refractivity contribution in [2.24, 2.45) is 13.0 Å². The fourth-order valence-corrected chi connectivity index (χ4v) is 4.59. The molecule has 0 saturated carbocycles. The van der Waals surface area contributed by atoms with Crippen molar-refractivity contribution in [1.82, 2.24) is 20.3 Å². The maximum atomic E-state index is 12.7. The Morgan fingerprint density at radius 2 is 1.96 bits per heavy atom. The average Bonchev–Trinajstić information content (AvgIpc) is 3.28. The van der Waals surface area contributed by atoms with Crippen LogP contribution in [0.1, 0.15) is 41.4 Å². The minimum atomic E-state index is 0.0686. The number of hydrogen-bond acceptors (Lipinski definition) is 4. The zero-order chi connectivity index (χ0) is 19.0. The Labute approximate surface area is 164 Å². The third kappa shape index (κ3) is 3.70. The summed E-state index contributed by atoms with van der Waals surface area (Å²) in [5, 5.41) is 0.805. The quantitative estimate of drug-likeness (QED) is 0.757. The molecule has 0 aliphatic carbocycles. The Morgan fingerprint density at radius 1 is 1.22 bits per heavy atom. The number of amides is 1. The summed E-state index contributed by atoms with van der Waals surface area (Å²) in [6.07, 6.45) is 4.79. The van der Waals surface area contributed by atoms with Gasteiger partial charge in [0.2, 0.25) is 0 Å². The number of carbonyl (C=O) groups excluding carboxylic acids is 1. The molecule has 2 aromatic rings. The maximum Gasteiger partial charge on any atom is 0.270 e. The number of nitrogens with one attached hydrogen (secondary N) is 2. The Kier molecular flexibility index (Phi) is 5.12. The van der Waals surface area contributed by atoms with Crippen molar-refractivity contribution in [2.75, 3.05) is 18.8 Å². The van der Waals surface area contributed by atoms with Crippen molar-refractivity contribution >= 4 is 23.2 Å². The van der Waals surface area contributed by atoms with E-state index in [0.29, 0.717) is 23.3 Å². The molecule has 1 aromatic carbocycles. The van der Waals surface area contributed by atoms with E-state index >= 15 is 0 Å². The normalized spacial score (nSPS) is 23.7. The molecule has 27 heavy (non-hydrogen) atoms. The highest BCUT2D eigenvalue weighted by molar-refractivity contribution is 6.31. The minimum Gasteiger partial charge on any atom is -0.397 e. The number of benzene rings is 1. The molecule has 1 aromatic heterocycles. The molecular formula is C20H26ClN5O. The summed E-state index contributed by atoms with van der Waals surface area (Å²) >= 11 is 6.34. The van der Waals surface area contributed by atoms with Crippen molar-refractivity contribution in [3.8, 4) is 0 Å². The van der Waals surface area contributed by atoms with E-state index in [1.165, 1.54) is 0 Å². The van der Waals surface area contributed by atoms with Crippen LogP contribution in [0.15, 0.2) is 36.5 Å². The van der Waals surface area contributed by atoms with Crippen LogP contribution in [-0.2, 0) is 7.05 Å². The van der Waals surface area contributed by atoms with Gasteiger partial charge in [0.1, 0.15) is 5.69 Å². The van der Waals surface area contributed by atoms with Crippen LogP contribution in [0.25, 0.3) is 0 Å². The van der Waals surface area contributed by atoms with E-state index in [1.807, 2.05) is 30.1 Å². The Hall–Kier alpha value is -2.02. The van der Waals surface area contributed by atoms with Crippen LogP contribution >= 0.6 is 11.6 Å². The predicted molar refractivity (Wildman–Crippen MR) is 107 cm³/mol. The van der Waals surface area contributed by atoms with Gasteiger partial charge in [-0.2, -0.15) is 0 Å². The summed E-state index contributed by atoms with van der Waals surface area (Å²) < 4.78 is 1.81. The third-order valence-electron chi connectivity index (χ3n) is 5.85. The lowest BCUT2D eigenvalue weighted by Gasteiger charge is -2.34. The molecule has 0 radical (unpaired) electrons. The maximum absolute atomic E-state index is 12.7. The van der Waals surface area contributed by atoms with Crippen LogP contribution in [0.4, 0.5) is 5.69 Å². The summed E-state index contributed by atoms with van der Waals surface area (Å²) in [6.45, 7) is 1.56. The summed E-state index contributed by atoms with van der Waals surface area (Å²) in [5.74, 6) is 0.617. The number of piperidine rings is 1. The van der Waals surface area contributed by atoms with E-state index in [0.717, 1.165) is 42.9 Å². The number of carbonyl (C=O) groups is 1. The van der Waals surface area contributed by atoms with Crippen molar-refractivity contribution in [1.29, 1.82) is 0 Å². The van der Waals surface area contributed by atoms with Crippen molar-refractivity contribution in [3.63, 3.8) is 0 Å². The van der Waals surface area contributed by atoms with Gasteiger partial charge in [-0.05, 0) is 42.9 Å². The first kappa shape index (κ1) is 18.3.